The number of benzene rings is 1. The number of alkyl halides is 1. The standard InChI is InChI=1S/C11H14ClNO2/c1-11(2,3)9-5-4-8(7-12)10(6-9)13(14)15/h4-6H,7H2,1-3H3. The number of nitro groups is 1. The van der Waals surface area contributed by atoms with Gasteiger partial charge < -0.3 is 0 Å². The van der Waals surface area contributed by atoms with Gasteiger partial charge in [0.15, 0.2) is 0 Å². The van der Waals surface area contributed by atoms with Crippen molar-refractivity contribution in [2.45, 2.75) is 32.1 Å². The van der Waals surface area contributed by atoms with Gasteiger partial charge in [0.05, 0.1) is 10.8 Å². The van der Waals surface area contributed by atoms with Crippen LogP contribution in [-0.4, -0.2) is 4.92 Å². The quantitative estimate of drug-likeness (QED) is 0.440. The van der Waals surface area contributed by atoms with E-state index in [-0.39, 0.29) is 21.9 Å². The summed E-state index contributed by atoms with van der Waals surface area (Å²) in [4.78, 5) is 10.4. The Bertz CT molecular complexity index is 383. The molecule has 15 heavy (non-hydrogen) atoms. The molecule has 1 aromatic rings. The second kappa shape index (κ2) is 4.19. The maximum atomic E-state index is 10.8. The maximum Gasteiger partial charge on any atom is 0.274 e. The molecule has 0 saturated carbocycles. The van der Waals surface area contributed by atoms with E-state index in [4.69, 9.17) is 11.6 Å². The van der Waals surface area contributed by atoms with Gasteiger partial charge in [-0.25, -0.2) is 0 Å². The van der Waals surface area contributed by atoms with Crippen molar-refractivity contribution < 1.29 is 4.92 Å². The van der Waals surface area contributed by atoms with Crippen LogP contribution in [0, 0.1) is 10.1 Å². The van der Waals surface area contributed by atoms with Crippen LogP contribution in [-0.2, 0) is 11.3 Å². The van der Waals surface area contributed by atoms with Crippen LogP contribution >= 0.6 is 11.6 Å². The lowest BCUT2D eigenvalue weighted by Crippen LogP contribution is -2.11. The van der Waals surface area contributed by atoms with Crippen LogP contribution in [0.3, 0.4) is 0 Å². The van der Waals surface area contributed by atoms with E-state index in [1.165, 1.54) is 0 Å². The minimum atomic E-state index is -0.382. The van der Waals surface area contributed by atoms with Crippen molar-refractivity contribution in [3.05, 3.63) is 39.4 Å². The molecule has 0 atom stereocenters. The molecule has 4 heteroatoms. The highest BCUT2D eigenvalue weighted by Gasteiger charge is 2.19. The molecule has 0 N–H and O–H groups in total. The summed E-state index contributed by atoms with van der Waals surface area (Å²) < 4.78 is 0. The Balaban J connectivity index is 3.28. The Morgan fingerprint density at radius 2 is 2.00 bits per heavy atom. The zero-order valence-electron chi connectivity index (χ0n) is 9.08. The lowest BCUT2D eigenvalue weighted by atomic mass is 9.86. The van der Waals surface area contributed by atoms with Gasteiger partial charge in [0.25, 0.3) is 5.69 Å². The molecule has 0 unspecified atom stereocenters. The van der Waals surface area contributed by atoms with Gasteiger partial charge in [-0.1, -0.05) is 32.9 Å². The molecule has 0 amide bonds. The number of nitrogens with zero attached hydrogens (tertiary/aromatic N) is 1. The molecule has 0 spiro atoms. The van der Waals surface area contributed by atoms with Crippen molar-refractivity contribution in [3.8, 4) is 0 Å². The van der Waals surface area contributed by atoms with Gasteiger partial charge in [-0.3, -0.25) is 10.1 Å². The fourth-order valence-electron chi connectivity index (χ4n) is 1.31. The molecule has 0 saturated heterocycles. The van der Waals surface area contributed by atoms with E-state index in [2.05, 4.69) is 0 Å². The molecule has 0 heterocycles. The molecule has 82 valence electrons. The van der Waals surface area contributed by atoms with Crippen molar-refractivity contribution in [1.82, 2.24) is 0 Å². The van der Waals surface area contributed by atoms with Crippen LogP contribution in [0.4, 0.5) is 5.69 Å². The van der Waals surface area contributed by atoms with Gasteiger partial charge in [-0.2, -0.15) is 0 Å². The number of hydrogen-bond acceptors (Lipinski definition) is 2. The summed E-state index contributed by atoms with van der Waals surface area (Å²) in [5, 5.41) is 10.8. The van der Waals surface area contributed by atoms with Crippen molar-refractivity contribution >= 4 is 17.3 Å². The first-order valence-corrected chi connectivity index (χ1v) is 5.23. The smallest absolute Gasteiger partial charge is 0.258 e. The molecule has 0 radical (unpaired) electrons. The Morgan fingerprint density at radius 3 is 2.40 bits per heavy atom. The lowest BCUT2D eigenvalue weighted by molar-refractivity contribution is -0.385. The van der Waals surface area contributed by atoms with Gasteiger partial charge in [0, 0.05) is 11.6 Å². The van der Waals surface area contributed by atoms with E-state index in [0.717, 1.165) is 5.56 Å². The second-order valence-corrected chi connectivity index (χ2v) is 4.75. The number of hydrogen-bond donors (Lipinski definition) is 0. The molecule has 1 rings (SSSR count). The highest BCUT2D eigenvalue weighted by molar-refractivity contribution is 6.17. The third kappa shape index (κ3) is 2.69. The van der Waals surface area contributed by atoms with Crippen LogP contribution in [0.2, 0.25) is 0 Å². The molecule has 3 nitrogen and oxygen atoms in total. The largest absolute Gasteiger partial charge is 0.274 e. The van der Waals surface area contributed by atoms with Crippen LogP contribution in [0.5, 0.6) is 0 Å². The predicted octanol–water partition coefficient (Wildman–Crippen LogP) is 3.63. The molecule has 0 bridgehead atoms. The molecular weight excluding hydrogens is 214 g/mol. The van der Waals surface area contributed by atoms with Gasteiger partial charge in [-0.05, 0) is 11.0 Å². The Hall–Kier alpha value is -1.09. The highest BCUT2D eigenvalue weighted by Crippen LogP contribution is 2.29. The van der Waals surface area contributed by atoms with E-state index in [0.29, 0.717) is 5.56 Å². The van der Waals surface area contributed by atoms with Crippen molar-refractivity contribution in [3.63, 3.8) is 0 Å². The third-order valence-corrected chi connectivity index (χ3v) is 2.58. The lowest BCUT2D eigenvalue weighted by Gasteiger charge is -2.18. The fraction of sp³-hybridized carbons (Fsp3) is 0.455. The van der Waals surface area contributed by atoms with Crippen LogP contribution < -0.4 is 0 Å². The molecule has 0 aliphatic rings. The van der Waals surface area contributed by atoms with E-state index >= 15 is 0 Å². The summed E-state index contributed by atoms with van der Waals surface area (Å²) in [6, 6.07) is 5.23. The summed E-state index contributed by atoms with van der Waals surface area (Å²) in [6.07, 6.45) is 0. The van der Waals surface area contributed by atoms with Crippen molar-refractivity contribution in [2.24, 2.45) is 0 Å². The Morgan fingerprint density at radius 1 is 1.40 bits per heavy atom. The summed E-state index contributed by atoms with van der Waals surface area (Å²) in [6.45, 7) is 6.06. The monoisotopic (exact) mass is 227 g/mol. The maximum absolute atomic E-state index is 10.8. The molecule has 0 aliphatic heterocycles. The average molecular weight is 228 g/mol. The van der Waals surface area contributed by atoms with Crippen LogP contribution in [0.1, 0.15) is 31.9 Å². The van der Waals surface area contributed by atoms with E-state index in [1.807, 2.05) is 26.8 Å². The van der Waals surface area contributed by atoms with E-state index < -0.39 is 0 Å². The second-order valence-electron chi connectivity index (χ2n) is 4.48. The molecule has 0 aromatic heterocycles. The van der Waals surface area contributed by atoms with Gasteiger partial charge in [-0.15, -0.1) is 11.6 Å². The first-order valence-electron chi connectivity index (χ1n) is 4.70. The van der Waals surface area contributed by atoms with Gasteiger partial charge in [0.1, 0.15) is 0 Å². The minimum Gasteiger partial charge on any atom is -0.258 e. The summed E-state index contributed by atoms with van der Waals surface area (Å²) in [5.41, 5.74) is 1.53. The number of rotatable bonds is 2. The topological polar surface area (TPSA) is 43.1 Å². The Kier molecular flexibility index (Phi) is 3.35. The molecule has 1 aromatic carbocycles. The highest BCUT2D eigenvalue weighted by atomic mass is 35.5. The average Bonchev–Trinajstić information content (AvgIpc) is 2.15. The predicted molar refractivity (Wildman–Crippen MR) is 61.4 cm³/mol. The Labute approximate surface area is 94.2 Å². The van der Waals surface area contributed by atoms with Gasteiger partial charge in [0.2, 0.25) is 0 Å². The number of halogens is 1. The molecular formula is C11H14ClNO2. The van der Waals surface area contributed by atoms with Crippen molar-refractivity contribution in [1.29, 1.82) is 0 Å². The first-order chi connectivity index (χ1) is 6.86. The molecule has 0 aliphatic carbocycles. The van der Waals surface area contributed by atoms with Crippen molar-refractivity contribution in [2.75, 3.05) is 0 Å². The minimum absolute atomic E-state index is 0.0877. The normalized spacial score (nSPS) is 11.5. The number of nitro benzene ring substituents is 1. The summed E-state index contributed by atoms with van der Waals surface area (Å²) >= 11 is 5.64. The zero-order valence-corrected chi connectivity index (χ0v) is 9.84. The third-order valence-electron chi connectivity index (χ3n) is 2.29. The van der Waals surface area contributed by atoms with E-state index in [9.17, 15) is 10.1 Å². The van der Waals surface area contributed by atoms with Gasteiger partial charge >= 0.3 is 0 Å². The van der Waals surface area contributed by atoms with Crippen LogP contribution in [0.25, 0.3) is 0 Å². The van der Waals surface area contributed by atoms with E-state index in [1.54, 1.807) is 12.1 Å². The molecule has 0 fully saturated rings. The fourth-order valence-corrected chi connectivity index (χ4v) is 1.54. The SMILES string of the molecule is CC(C)(C)c1ccc(CCl)c([N+](=O)[O-])c1. The summed E-state index contributed by atoms with van der Waals surface area (Å²) in [7, 11) is 0. The zero-order chi connectivity index (χ0) is 11.6. The first kappa shape index (κ1) is 12.0. The van der Waals surface area contributed by atoms with Crippen LogP contribution in [0.15, 0.2) is 18.2 Å². The summed E-state index contributed by atoms with van der Waals surface area (Å²) in [5.74, 6) is 0.167.